The summed E-state index contributed by atoms with van der Waals surface area (Å²) in [6.45, 7) is 2.15. The highest BCUT2D eigenvalue weighted by Crippen LogP contribution is 2.05. The average molecular weight is 376 g/mol. The number of esters is 1. The largest absolute Gasteiger partial charge is 0.461 e. The van der Waals surface area contributed by atoms with Gasteiger partial charge in [-0.2, -0.15) is 0 Å². The van der Waals surface area contributed by atoms with Gasteiger partial charge in [0.1, 0.15) is 5.69 Å². The molecule has 0 aliphatic carbocycles. The van der Waals surface area contributed by atoms with Gasteiger partial charge in [-0.3, -0.25) is 4.79 Å². The van der Waals surface area contributed by atoms with E-state index < -0.39 is 21.9 Å². The van der Waals surface area contributed by atoms with E-state index in [0.717, 1.165) is 11.8 Å². The maximum Gasteiger partial charge on any atom is 0.356 e. The Morgan fingerprint density at radius 3 is 2.46 bits per heavy atom. The van der Waals surface area contributed by atoms with Crippen LogP contribution in [0.1, 0.15) is 39.8 Å². The first-order valence-electron chi connectivity index (χ1n) is 8.13. The second kappa shape index (κ2) is 9.10. The molecule has 0 spiro atoms. The molecule has 2 rings (SSSR count). The van der Waals surface area contributed by atoms with E-state index in [0.29, 0.717) is 12.8 Å². The van der Waals surface area contributed by atoms with E-state index in [-0.39, 0.29) is 23.6 Å². The normalized spacial score (nSPS) is 11.0. The predicted octanol–water partition coefficient (Wildman–Crippen LogP) is 1.95. The summed E-state index contributed by atoms with van der Waals surface area (Å²) < 4.78 is 31.0. The van der Waals surface area contributed by atoms with E-state index in [1.54, 1.807) is 0 Å². The number of carbonyl (C=O) groups is 2. The number of benzene rings is 1. The lowest BCUT2D eigenvalue weighted by atomic mass is 10.2. The Hall–Kier alpha value is -2.74. The lowest BCUT2D eigenvalue weighted by molar-refractivity contribution is 0.0498. The molecule has 0 aliphatic heterocycles. The van der Waals surface area contributed by atoms with Crippen molar-refractivity contribution in [2.24, 2.45) is 0 Å². The van der Waals surface area contributed by atoms with Crippen LogP contribution in [-0.4, -0.2) is 37.6 Å². The topological polar surface area (TPSA) is 102 Å². The number of hydrogen-bond donors (Lipinski definition) is 1. The van der Waals surface area contributed by atoms with Crippen LogP contribution in [0.25, 0.3) is 0 Å². The monoisotopic (exact) mass is 376 g/mol. The molecule has 0 saturated heterocycles. The van der Waals surface area contributed by atoms with Gasteiger partial charge >= 0.3 is 5.97 Å². The van der Waals surface area contributed by atoms with E-state index in [9.17, 15) is 18.0 Å². The van der Waals surface area contributed by atoms with Gasteiger partial charge in [-0.05, 0) is 30.5 Å². The van der Waals surface area contributed by atoms with Gasteiger partial charge in [-0.1, -0.05) is 37.3 Å². The average Bonchev–Trinajstić information content (AvgIpc) is 2.65. The number of amides is 1. The highest BCUT2D eigenvalue weighted by molar-refractivity contribution is 7.90. The Morgan fingerprint density at radius 1 is 1.12 bits per heavy atom. The molecule has 2 aromatic rings. The van der Waals surface area contributed by atoms with Gasteiger partial charge in [0.25, 0.3) is 5.91 Å². The first-order valence-corrected chi connectivity index (χ1v) is 9.78. The highest BCUT2D eigenvalue weighted by atomic mass is 32.2. The van der Waals surface area contributed by atoms with Gasteiger partial charge in [0.05, 0.1) is 17.9 Å². The molecule has 0 saturated carbocycles. The molecule has 1 aromatic heterocycles. The molecule has 0 atom stereocenters. The van der Waals surface area contributed by atoms with Crippen LogP contribution >= 0.6 is 0 Å². The molecule has 1 amide bonds. The first-order chi connectivity index (χ1) is 12.4. The molecule has 0 radical (unpaired) electrons. The van der Waals surface area contributed by atoms with Crippen molar-refractivity contribution < 1.29 is 22.7 Å². The van der Waals surface area contributed by atoms with Crippen molar-refractivity contribution in [3.05, 3.63) is 65.5 Å². The molecule has 1 N–H and O–H groups in total. The summed E-state index contributed by atoms with van der Waals surface area (Å²) in [7, 11) is -3.78. The Labute approximate surface area is 152 Å². The Balaban J connectivity index is 1.94. The lowest BCUT2D eigenvalue weighted by Crippen LogP contribution is -2.33. The number of carbonyl (C=O) groups excluding carboxylic acids is 2. The summed E-state index contributed by atoms with van der Waals surface area (Å²) in [5.74, 6) is -1.59. The minimum atomic E-state index is -3.78. The van der Waals surface area contributed by atoms with Crippen molar-refractivity contribution in [2.45, 2.75) is 19.8 Å². The molecule has 0 bridgehead atoms. The van der Waals surface area contributed by atoms with Crippen LogP contribution in [0, 0.1) is 0 Å². The third kappa shape index (κ3) is 5.96. The minimum absolute atomic E-state index is 0.0420. The molecule has 138 valence electrons. The second-order valence-corrected chi connectivity index (χ2v) is 7.40. The van der Waals surface area contributed by atoms with Crippen molar-refractivity contribution in [1.82, 2.24) is 9.71 Å². The van der Waals surface area contributed by atoms with E-state index in [4.69, 9.17) is 4.74 Å². The van der Waals surface area contributed by atoms with Crippen LogP contribution in [0.2, 0.25) is 0 Å². The van der Waals surface area contributed by atoms with Gasteiger partial charge in [0.2, 0.25) is 10.0 Å². The molecule has 7 nitrogen and oxygen atoms in total. The zero-order chi connectivity index (χ0) is 19.0. The third-order valence-electron chi connectivity index (χ3n) is 3.42. The number of aromatic nitrogens is 1. The zero-order valence-electron chi connectivity index (χ0n) is 14.3. The summed E-state index contributed by atoms with van der Waals surface area (Å²) in [6.07, 6.45) is 2.13. The Bertz CT molecular complexity index is 849. The lowest BCUT2D eigenvalue weighted by Gasteiger charge is -2.07. The fraction of sp³-hybridized carbons (Fsp3) is 0.278. The summed E-state index contributed by atoms with van der Waals surface area (Å²) in [5, 5.41) is 0. The number of sulfonamides is 1. The number of aryl methyl sites for hydroxylation is 1. The van der Waals surface area contributed by atoms with Crippen molar-refractivity contribution >= 4 is 21.9 Å². The van der Waals surface area contributed by atoms with Crippen LogP contribution in [-0.2, 0) is 21.2 Å². The molecule has 1 heterocycles. The maximum absolute atomic E-state index is 12.1. The van der Waals surface area contributed by atoms with E-state index >= 15 is 0 Å². The molecular weight excluding hydrogens is 356 g/mol. The number of nitrogens with zero attached hydrogens (tertiary/aromatic N) is 1. The van der Waals surface area contributed by atoms with Crippen LogP contribution in [0.5, 0.6) is 0 Å². The van der Waals surface area contributed by atoms with Crippen LogP contribution in [0.4, 0.5) is 0 Å². The summed E-state index contributed by atoms with van der Waals surface area (Å²) in [6, 6.07) is 11.8. The Morgan fingerprint density at radius 2 is 1.85 bits per heavy atom. The molecule has 8 heteroatoms. The van der Waals surface area contributed by atoms with Crippen LogP contribution < -0.4 is 4.72 Å². The molecule has 0 unspecified atom stereocenters. The van der Waals surface area contributed by atoms with Crippen molar-refractivity contribution in [3.8, 4) is 0 Å². The van der Waals surface area contributed by atoms with E-state index in [2.05, 4.69) is 4.98 Å². The number of pyridine rings is 1. The second-order valence-electron chi connectivity index (χ2n) is 5.55. The van der Waals surface area contributed by atoms with Gasteiger partial charge in [-0.25, -0.2) is 22.9 Å². The van der Waals surface area contributed by atoms with Gasteiger partial charge < -0.3 is 4.74 Å². The predicted molar refractivity (Wildman–Crippen MR) is 96.2 cm³/mol. The summed E-state index contributed by atoms with van der Waals surface area (Å²) >= 11 is 0. The molecule has 0 aliphatic rings. The van der Waals surface area contributed by atoms with Crippen LogP contribution in [0.15, 0.2) is 48.7 Å². The van der Waals surface area contributed by atoms with Gasteiger partial charge in [0, 0.05) is 6.20 Å². The number of nitrogens with one attached hydrogen (secondary N) is 1. The SMILES string of the molecule is CCCOC(=O)c1ccc(C(=O)NS(=O)(=O)CCc2ccccc2)cn1. The van der Waals surface area contributed by atoms with Crippen LogP contribution in [0.3, 0.4) is 0 Å². The smallest absolute Gasteiger partial charge is 0.356 e. The maximum atomic E-state index is 12.1. The highest BCUT2D eigenvalue weighted by Gasteiger charge is 2.17. The number of rotatable bonds is 8. The summed E-state index contributed by atoms with van der Waals surface area (Å²) in [5.41, 5.74) is 0.962. The number of ether oxygens (including phenoxy) is 1. The van der Waals surface area contributed by atoms with E-state index in [1.165, 1.54) is 12.1 Å². The fourth-order valence-corrected chi connectivity index (χ4v) is 3.07. The quantitative estimate of drug-likeness (QED) is 0.707. The zero-order valence-corrected chi connectivity index (χ0v) is 15.2. The third-order valence-corrected chi connectivity index (χ3v) is 4.66. The standard InChI is InChI=1S/C18H20N2O5S/c1-2-11-25-18(22)16-9-8-15(13-19-16)17(21)20-26(23,24)12-10-14-6-4-3-5-7-14/h3-9,13H,2,10-12H2,1H3,(H,20,21). The van der Waals surface area contributed by atoms with Gasteiger partial charge in [-0.15, -0.1) is 0 Å². The summed E-state index contributed by atoms with van der Waals surface area (Å²) in [4.78, 5) is 27.6. The first kappa shape index (κ1) is 19.6. The van der Waals surface area contributed by atoms with Crippen molar-refractivity contribution in [3.63, 3.8) is 0 Å². The van der Waals surface area contributed by atoms with Crippen molar-refractivity contribution in [1.29, 1.82) is 0 Å². The molecule has 26 heavy (non-hydrogen) atoms. The molecule has 1 aromatic carbocycles. The minimum Gasteiger partial charge on any atom is -0.461 e. The van der Waals surface area contributed by atoms with Gasteiger partial charge in [0.15, 0.2) is 0 Å². The van der Waals surface area contributed by atoms with Crippen molar-refractivity contribution in [2.75, 3.05) is 12.4 Å². The molecule has 0 fully saturated rings. The number of hydrogen-bond acceptors (Lipinski definition) is 6. The fourth-order valence-electron chi connectivity index (χ4n) is 2.07. The molecular formula is C18H20N2O5S. The van der Waals surface area contributed by atoms with E-state index in [1.807, 2.05) is 42.0 Å². The Kier molecular flexibility index (Phi) is 6.85.